The van der Waals surface area contributed by atoms with Crippen molar-refractivity contribution in [1.29, 1.82) is 0 Å². The molecule has 0 atom stereocenters. The van der Waals surface area contributed by atoms with Crippen molar-refractivity contribution in [3.63, 3.8) is 0 Å². The van der Waals surface area contributed by atoms with Gasteiger partial charge in [-0.15, -0.1) is 0 Å². The van der Waals surface area contributed by atoms with Crippen LogP contribution >= 0.6 is 0 Å². The van der Waals surface area contributed by atoms with Gasteiger partial charge in [-0.2, -0.15) is 0 Å². The lowest BCUT2D eigenvalue weighted by atomic mass is 10.0. The highest BCUT2D eigenvalue weighted by atomic mass is 15.0. The Hall–Kier alpha value is -6.06. The Morgan fingerprint density at radius 1 is 0.400 bits per heavy atom. The molecule has 0 aliphatic rings. The van der Waals surface area contributed by atoms with Crippen LogP contribution in [0.2, 0.25) is 0 Å². The molecule has 7 aromatic carbocycles. The fourth-order valence-corrected chi connectivity index (χ4v) is 7.14. The van der Waals surface area contributed by atoms with Crippen LogP contribution in [0.15, 0.2) is 164 Å². The summed E-state index contributed by atoms with van der Waals surface area (Å²) >= 11 is 0. The van der Waals surface area contributed by atoms with Crippen LogP contribution < -0.4 is 0 Å². The molecule has 3 heteroatoms. The minimum Gasteiger partial charge on any atom is -0.309 e. The van der Waals surface area contributed by atoms with Crippen LogP contribution in [0.25, 0.3) is 82.8 Å². The molecule has 0 amide bonds. The SMILES string of the molecule is [2H]c1c([2H])c2c3c4c(c([2H])c([2H])c([2H])c4n(-c4cccc(-c5ccccc5-n5c6ccccc6c6ccccc65)c4)c3c1[2H])n2-c1ccccc1. The van der Waals surface area contributed by atoms with Crippen molar-refractivity contribution < 1.29 is 8.22 Å². The van der Waals surface area contributed by atoms with Crippen molar-refractivity contribution in [2.24, 2.45) is 0 Å². The second kappa shape index (κ2) is 9.22. The smallest absolute Gasteiger partial charge is 0.0645 e. The van der Waals surface area contributed by atoms with Gasteiger partial charge < -0.3 is 13.7 Å². The highest BCUT2D eigenvalue weighted by Gasteiger charge is 2.22. The molecular formula is C42H27N3. The lowest BCUT2D eigenvalue weighted by Gasteiger charge is -2.16. The highest BCUT2D eigenvalue weighted by molar-refractivity contribution is 6.25. The molecule has 0 unspecified atom stereocenters. The summed E-state index contributed by atoms with van der Waals surface area (Å²) in [5.74, 6) is 0. The predicted molar refractivity (Wildman–Crippen MR) is 189 cm³/mol. The van der Waals surface area contributed by atoms with E-state index in [-0.39, 0.29) is 36.3 Å². The first-order chi connectivity index (χ1) is 24.9. The van der Waals surface area contributed by atoms with E-state index in [1.807, 2.05) is 66.7 Å². The van der Waals surface area contributed by atoms with Crippen LogP contribution in [0.1, 0.15) is 8.22 Å². The van der Waals surface area contributed by atoms with Crippen molar-refractivity contribution >= 4 is 54.6 Å². The number of rotatable bonds is 4. The summed E-state index contributed by atoms with van der Waals surface area (Å²) in [5, 5.41) is 3.43. The lowest BCUT2D eigenvalue weighted by Crippen LogP contribution is -1.99. The number of nitrogens with zero attached hydrogens (tertiary/aromatic N) is 3. The van der Waals surface area contributed by atoms with Gasteiger partial charge in [0.25, 0.3) is 0 Å². The number of hydrogen-bond donors (Lipinski definition) is 0. The Morgan fingerprint density at radius 3 is 1.56 bits per heavy atom. The topological polar surface area (TPSA) is 14.8 Å². The lowest BCUT2D eigenvalue weighted by molar-refractivity contribution is 1.15. The summed E-state index contributed by atoms with van der Waals surface area (Å²) in [5.41, 5.74) is 7.97. The molecule has 0 bridgehead atoms. The van der Waals surface area contributed by atoms with Crippen LogP contribution in [-0.4, -0.2) is 13.7 Å². The van der Waals surface area contributed by atoms with Gasteiger partial charge in [0.15, 0.2) is 0 Å². The molecule has 0 fully saturated rings. The molecule has 0 aliphatic heterocycles. The molecule has 0 radical (unpaired) electrons. The fourth-order valence-electron chi connectivity index (χ4n) is 7.14. The standard InChI is InChI=1S/C42H27N3/c1-2-14-29(15-3-1)43-37-23-11-25-39-41(37)42-38(43)24-12-26-40(42)44(39)30-16-10-13-28(27-30)31-17-4-7-20-34(31)45-35-21-8-5-18-32(35)33-19-6-9-22-36(33)45/h1-27H/i11D,12D,23D,24D,25D,26D. The zero-order valence-electron chi connectivity index (χ0n) is 30.0. The van der Waals surface area contributed by atoms with E-state index in [1.165, 1.54) is 10.8 Å². The number of hydrogen-bond acceptors (Lipinski definition) is 0. The van der Waals surface area contributed by atoms with E-state index in [4.69, 9.17) is 5.48 Å². The van der Waals surface area contributed by atoms with Crippen molar-refractivity contribution in [1.82, 2.24) is 13.7 Å². The van der Waals surface area contributed by atoms with Crippen molar-refractivity contribution in [2.45, 2.75) is 0 Å². The Bertz CT molecular complexity index is 2910. The molecule has 0 N–H and O–H groups in total. The first kappa shape index (κ1) is 19.3. The van der Waals surface area contributed by atoms with Crippen LogP contribution in [0.4, 0.5) is 0 Å². The molecule has 210 valence electrons. The van der Waals surface area contributed by atoms with Crippen molar-refractivity contribution in [3.8, 4) is 28.2 Å². The van der Waals surface area contributed by atoms with E-state index in [0.29, 0.717) is 44.2 Å². The first-order valence-electron chi connectivity index (χ1n) is 18.0. The summed E-state index contributed by atoms with van der Waals surface area (Å²) in [7, 11) is 0. The monoisotopic (exact) mass is 579 g/mol. The quantitative estimate of drug-likeness (QED) is 0.197. The van der Waals surface area contributed by atoms with E-state index in [9.17, 15) is 2.74 Å². The second-order valence-electron chi connectivity index (χ2n) is 11.3. The van der Waals surface area contributed by atoms with E-state index in [0.717, 1.165) is 27.8 Å². The summed E-state index contributed by atoms with van der Waals surface area (Å²) in [4.78, 5) is 0. The third-order valence-corrected chi connectivity index (χ3v) is 8.97. The van der Waals surface area contributed by atoms with E-state index in [1.54, 1.807) is 9.13 Å². The van der Waals surface area contributed by atoms with E-state index < -0.39 is 0 Å². The van der Waals surface area contributed by atoms with E-state index in [2.05, 4.69) is 65.2 Å². The van der Waals surface area contributed by atoms with Gasteiger partial charge in [0.05, 0.1) is 47.0 Å². The third kappa shape index (κ3) is 3.35. The van der Waals surface area contributed by atoms with Gasteiger partial charge in [0.1, 0.15) is 0 Å². The second-order valence-corrected chi connectivity index (χ2v) is 11.3. The zero-order valence-corrected chi connectivity index (χ0v) is 24.0. The summed E-state index contributed by atoms with van der Waals surface area (Å²) in [6.07, 6.45) is 0. The van der Waals surface area contributed by atoms with Crippen LogP contribution in [0.3, 0.4) is 0 Å². The van der Waals surface area contributed by atoms with Gasteiger partial charge >= 0.3 is 0 Å². The zero-order chi connectivity index (χ0) is 34.7. The molecule has 45 heavy (non-hydrogen) atoms. The molecule has 3 nitrogen and oxygen atoms in total. The van der Waals surface area contributed by atoms with Crippen molar-refractivity contribution in [3.05, 3.63) is 164 Å². The van der Waals surface area contributed by atoms with Crippen LogP contribution in [0.5, 0.6) is 0 Å². The maximum absolute atomic E-state index is 9.21. The largest absolute Gasteiger partial charge is 0.309 e. The van der Waals surface area contributed by atoms with Crippen LogP contribution in [0, 0.1) is 0 Å². The summed E-state index contributed by atoms with van der Waals surface area (Å²) in [6, 6.07) is 41.3. The number of aromatic nitrogens is 3. The molecule has 3 heterocycles. The van der Waals surface area contributed by atoms with E-state index >= 15 is 0 Å². The normalized spacial score (nSPS) is 13.9. The minimum atomic E-state index is -0.238. The third-order valence-electron chi connectivity index (χ3n) is 8.97. The molecule has 0 saturated heterocycles. The average Bonchev–Trinajstić information content (AvgIpc) is 3.82. The highest BCUT2D eigenvalue weighted by Crippen LogP contribution is 2.43. The molecule has 0 saturated carbocycles. The van der Waals surface area contributed by atoms with Gasteiger partial charge in [-0.25, -0.2) is 0 Å². The van der Waals surface area contributed by atoms with Gasteiger partial charge in [0.2, 0.25) is 0 Å². The van der Waals surface area contributed by atoms with Gasteiger partial charge in [-0.3, -0.25) is 0 Å². The van der Waals surface area contributed by atoms with Gasteiger partial charge in [0, 0.05) is 38.5 Å². The van der Waals surface area contributed by atoms with Gasteiger partial charge in [-0.05, 0) is 72.2 Å². The Morgan fingerprint density at radius 2 is 0.911 bits per heavy atom. The Kier molecular flexibility index (Phi) is 3.95. The summed E-state index contributed by atoms with van der Waals surface area (Å²) < 4.78 is 60.3. The van der Waals surface area contributed by atoms with Gasteiger partial charge in [-0.1, -0.05) is 97.0 Å². The Balaban J connectivity index is 1.29. The average molecular weight is 580 g/mol. The van der Waals surface area contributed by atoms with Crippen molar-refractivity contribution in [2.75, 3.05) is 0 Å². The molecule has 3 aromatic heterocycles. The molecule has 0 spiro atoms. The number of para-hydroxylation sites is 4. The maximum Gasteiger partial charge on any atom is 0.0645 e. The predicted octanol–water partition coefficient (Wildman–Crippen LogP) is 10.9. The van der Waals surface area contributed by atoms with Crippen LogP contribution in [-0.2, 0) is 0 Å². The molecule has 10 aromatic rings. The summed E-state index contributed by atoms with van der Waals surface area (Å²) in [6.45, 7) is 0. The molecule has 10 rings (SSSR count). The molecule has 0 aliphatic carbocycles. The Labute approximate surface area is 268 Å². The minimum absolute atomic E-state index is 0.127. The molecular weight excluding hydrogens is 546 g/mol. The first-order valence-corrected chi connectivity index (χ1v) is 15.0. The maximum atomic E-state index is 9.21. The number of fused-ring (bicyclic) bond motifs is 3. The number of benzene rings is 7. The fraction of sp³-hybridized carbons (Fsp3) is 0.